The lowest BCUT2D eigenvalue weighted by Gasteiger charge is -2.14. The summed E-state index contributed by atoms with van der Waals surface area (Å²) in [7, 11) is 0. The first-order valence-corrected chi connectivity index (χ1v) is 10.4. The number of anilines is 2. The third kappa shape index (κ3) is 4.41. The van der Waals surface area contributed by atoms with E-state index in [2.05, 4.69) is 15.6 Å². The molecule has 1 aliphatic rings. The van der Waals surface area contributed by atoms with Crippen LogP contribution in [-0.2, 0) is 6.42 Å². The van der Waals surface area contributed by atoms with E-state index in [0.29, 0.717) is 35.9 Å². The SMILES string of the molecule is Cc1ccc(Cc2cnc(NC(=O)c3cccc(N4CCNC4=O)c3)s2)cc1Cl. The van der Waals surface area contributed by atoms with E-state index >= 15 is 0 Å². The molecule has 1 aliphatic heterocycles. The summed E-state index contributed by atoms with van der Waals surface area (Å²) >= 11 is 7.62. The summed E-state index contributed by atoms with van der Waals surface area (Å²) in [4.78, 5) is 31.4. The van der Waals surface area contributed by atoms with Crippen LogP contribution in [0, 0.1) is 6.92 Å². The first-order chi connectivity index (χ1) is 14.0. The van der Waals surface area contributed by atoms with Gasteiger partial charge in [-0.25, -0.2) is 9.78 Å². The Morgan fingerprint density at radius 3 is 2.93 bits per heavy atom. The highest BCUT2D eigenvalue weighted by Gasteiger charge is 2.22. The molecule has 0 aliphatic carbocycles. The number of hydrogen-bond acceptors (Lipinski definition) is 4. The molecule has 2 N–H and O–H groups in total. The van der Waals surface area contributed by atoms with Gasteiger partial charge in [0, 0.05) is 46.9 Å². The summed E-state index contributed by atoms with van der Waals surface area (Å²) in [5.41, 5.74) is 3.31. The molecule has 1 saturated heterocycles. The number of benzene rings is 2. The van der Waals surface area contributed by atoms with Gasteiger partial charge in [0.25, 0.3) is 5.91 Å². The van der Waals surface area contributed by atoms with E-state index in [4.69, 9.17) is 11.6 Å². The smallest absolute Gasteiger partial charge is 0.321 e. The van der Waals surface area contributed by atoms with Crippen molar-refractivity contribution in [2.24, 2.45) is 0 Å². The number of aryl methyl sites for hydroxylation is 1. The van der Waals surface area contributed by atoms with E-state index in [1.165, 1.54) is 11.3 Å². The van der Waals surface area contributed by atoms with Crippen molar-refractivity contribution >= 4 is 45.7 Å². The van der Waals surface area contributed by atoms with E-state index in [9.17, 15) is 9.59 Å². The van der Waals surface area contributed by atoms with Crippen LogP contribution in [0.15, 0.2) is 48.7 Å². The molecule has 1 fully saturated rings. The average Bonchev–Trinajstić information content (AvgIpc) is 3.33. The zero-order valence-electron chi connectivity index (χ0n) is 15.7. The molecule has 2 aromatic carbocycles. The number of urea groups is 1. The van der Waals surface area contributed by atoms with Crippen molar-refractivity contribution in [3.63, 3.8) is 0 Å². The van der Waals surface area contributed by atoms with Crippen molar-refractivity contribution < 1.29 is 9.59 Å². The van der Waals surface area contributed by atoms with Gasteiger partial charge in [-0.3, -0.25) is 15.0 Å². The predicted molar refractivity (Wildman–Crippen MR) is 116 cm³/mol. The lowest BCUT2D eigenvalue weighted by atomic mass is 10.1. The van der Waals surface area contributed by atoms with Gasteiger partial charge in [0.15, 0.2) is 5.13 Å². The third-order valence-electron chi connectivity index (χ3n) is 4.67. The van der Waals surface area contributed by atoms with Crippen LogP contribution < -0.4 is 15.5 Å². The van der Waals surface area contributed by atoms with Gasteiger partial charge in [-0.05, 0) is 42.3 Å². The summed E-state index contributed by atoms with van der Waals surface area (Å²) in [6.45, 7) is 3.16. The van der Waals surface area contributed by atoms with E-state index < -0.39 is 0 Å². The number of nitrogens with zero attached hydrogens (tertiary/aromatic N) is 2. The largest absolute Gasteiger partial charge is 0.336 e. The summed E-state index contributed by atoms with van der Waals surface area (Å²) in [5, 5.41) is 6.87. The molecule has 1 aromatic heterocycles. The van der Waals surface area contributed by atoms with Gasteiger partial charge in [0.1, 0.15) is 0 Å². The molecular formula is C21H19ClN4O2S. The van der Waals surface area contributed by atoms with E-state index in [0.717, 1.165) is 21.0 Å². The molecule has 0 radical (unpaired) electrons. The molecule has 0 atom stereocenters. The number of amides is 3. The number of thiazole rings is 1. The fraction of sp³-hybridized carbons (Fsp3) is 0.190. The van der Waals surface area contributed by atoms with Crippen LogP contribution in [0.4, 0.5) is 15.6 Å². The minimum absolute atomic E-state index is 0.150. The van der Waals surface area contributed by atoms with Gasteiger partial charge in [0.05, 0.1) is 0 Å². The van der Waals surface area contributed by atoms with Crippen LogP contribution >= 0.6 is 22.9 Å². The topological polar surface area (TPSA) is 74.3 Å². The maximum Gasteiger partial charge on any atom is 0.321 e. The molecule has 6 nitrogen and oxygen atoms in total. The molecule has 148 valence electrons. The summed E-state index contributed by atoms with van der Waals surface area (Å²) < 4.78 is 0. The Morgan fingerprint density at radius 2 is 2.17 bits per heavy atom. The molecule has 0 bridgehead atoms. The van der Waals surface area contributed by atoms with Gasteiger partial charge < -0.3 is 5.32 Å². The molecule has 0 saturated carbocycles. The maximum atomic E-state index is 12.6. The predicted octanol–water partition coefficient (Wildman–Crippen LogP) is 4.48. The van der Waals surface area contributed by atoms with E-state index in [1.807, 2.05) is 31.2 Å². The van der Waals surface area contributed by atoms with Gasteiger partial charge in [0.2, 0.25) is 0 Å². The van der Waals surface area contributed by atoms with Crippen LogP contribution in [0.3, 0.4) is 0 Å². The van der Waals surface area contributed by atoms with Crippen LogP contribution in [0.2, 0.25) is 5.02 Å². The Kier molecular flexibility index (Phi) is 5.51. The first kappa shape index (κ1) is 19.4. The highest BCUT2D eigenvalue weighted by molar-refractivity contribution is 7.15. The summed E-state index contributed by atoms with van der Waals surface area (Å²) in [5.74, 6) is -0.259. The lowest BCUT2D eigenvalue weighted by Crippen LogP contribution is -2.27. The second-order valence-electron chi connectivity index (χ2n) is 6.78. The Balaban J connectivity index is 1.44. The van der Waals surface area contributed by atoms with E-state index in [1.54, 1.807) is 29.3 Å². The number of carbonyl (C=O) groups is 2. The fourth-order valence-electron chi connectivity index (χ4n) is 3.10. The fourth-order valence-corrected chi connectivity index (χ4v) is 4.14. The summed E-state index contributed by atoms with van der Waals surface area (Å²) in [6, 6.07) is 12.9. The van der Waals surface area contributed by atoms with Crippen molar-refractivity contribution in [2.75, 3.05) is 23.3 Å². The molecule has 29 heavy (non-hydrogen) atoms. The molecule has 8 heteroatoms. The van der Waals surface area contributed by atoms with Crippen molar-refractivity contribution in [3.05, 3.63) is 75.3 Å². The molecule has 0 unspecified atom stereocenters. The van der Waals surface area contributed by atoms with Crippen LogP contribution in [0.1, 0.15) is 26.4 Å². The van der Waals surface area contributed by atoms with Gasteiger partial charge >= 0.3 is 6.03 Å². The molecular weight excluding hydrogens is 408 g/mol. The average molecular weight is 427 g/mol. The highest BCUT2D eigenvalue weighted by Crippen LogP contribution is 2.25. The quantitative estimate of drug-likeness (QED) is 0.631. The summed E-state index contributed by atoms with van der Waals surface area (Å²) in [6.07, 6.45) is 2.46. The Labute approximate surface area is 177 Å². The van der Waals surface area contributed by atoms with Crippen molar-refractivity contribution in [3.8, 4) is 0 Å². The van der Waals surface area contributed by atoms with Gasteiger partial charge in [-0.15, -0.1) is 11.3 Å². The first-order valence-electron chi connectivity index (χ1n) is 9.16. The van der Waals surface area contributed by atoms with Gasteiger partial charge in [-0.1, -0.05) is 29.8 Å². The molecule has 3 amide bonds. The zero-order valence-corrected chi connectivity index (χ0v) is 17.3. The Hall–Kier alpha value is -2.90. The van der Waals surface area contributed by atoms with Crippen molar-refractivity contribution in [1.29, 1.82) is 0 Å². The monoisotopic (exact) mass is 426 g/mol. The number of hydrogen-bond donors (Lipinski definition) is 2. The Morgan fingerprint density at radius 1 is 1.31 bits per heavy atom. The standard InChI is InChI=1S/C21H19ClN4O2S/c1-13-5-6-14(10-18(13)22)9-17-12-24-20(29-17)25-19(27)15-3-2-4-16(11-15)26-8-7-23-21(26)28/h2-6,10-12H,7-9H2,1H3,(H,23,28)(H,24,25,27). The molecule has 4 rings (SSSR count). The zero-order chi connectivity index (χ0) is 20.4. The Bertz CT molecular complexity index is 1080. The lowest BCUT2D eigenvalue weighted by molar-refractivity contribution is 0.102. The van der Waals surface area contributed by atoms with Crippen LogP contribution in [-0.4, -0.2) is 30.0 Å². The maximum absolute atomic E-state index is 12.6. The second kappa shape index (κ2) is 8.23. The van der Waals surface area contributed by atoms with Crippen molar-refractivity contribution in [1.82, 2.24) is 10.3 Å². The van der Waals surface area contributed by atoms with Gasteiger partial charge in [-0.2, -0.15) is 0 Å². The minimum atomic E-state index is -0.259. The molecule has 3 aromatic rings. The normalized spacial score (nSPS) is 13.4. The minimum Gasteiger partial charge on any atom is -0.336 e. The van der Waals surface area contributed by atoms with E-state index in [-0.39, 0.29) is 11.9 Å². The second-order valence-corrected chi connectivity index (χ2v) is 8.30. The number of aromatic nitrogens is 1. The number of carbonyl (C=O) groups excluding carboxylic acids is 2. The molecule has 2 heterocycles. The third-order valence-corrected chi connectivity index (χ3v) is 5.99. The number of rotatable bonds is 5. The number of nitrogens with one attached hydrogen (secondary N) is 2. The van der Waals surface area contributed by atoms with Crippen LogP contribution in [0.5, 0.6) is 0 Å². The highest BCUT2D eigenvalue weighted by atomic mass is 35.5. The number of halogens is 1. The van der Waals surface area contributed by atoms with Crippen molar-refractivity contribution in [2.45, 2.75) is 13.3 Å². The van der Waals surface area contributed by atoms with Crippen LogP contribution in [0.25, 0.3) is 0 Å². The molecule has 0 spiro atoms.